The van der Waals surface area contributed by atoms with E-state index in [4.69, 9.17) is 10.5 Å². The molecule has 1 aliphatic rings. The topological polar surface area (TPSA) is 69.3 Å². The highest BCUT2D eigenvalue weighted by Crippen LogP contribution is 2.29. The fraction of sp³-hybridized carbons (Fsp3) is 0.318. The fourth-order valence-corrected chi connectivity index (χ4v) is 3.81. The molecule has 140 valence electrons. The number of benzene rings is 2. The van der Waals surface area contributed by atoms with Gasteiger partial charge in [-0.3, -0.25) is 4.79 Å². The van der Waals surface area contributed by atoms with E-state index < -0.39 is 0 Å². The Hall–Kier alpha value is -2.79. The van der Waals surface area contributed by atoms with E-state index in [-0.39, 0.29) is 12.0 Å². The summed E-state index contributed by atoms with van der Waals surface area (Å²) < 4.78 is 7.89. The number of nitrogens with zero attached hydrogens (tertiary/aromatic N) is 1. The quantitative estimate of drug-likeness (QED) is 0.678. The number of carbonyl (C=O) groups is 1. The van der Waals surface area contributed by atoms with Crippen LogP contribution in [0.15, 0.2) is 48.7 Å². The molecule has 0 fully saturated rings. The molecule has 5 nitrogen and oxygen atoms in total. The van der Waals surface area contributed by atoms with Gasteiger partial charge in [-0.2, -0.15) is 0 Å². The molecule has 0 saturated carbocycles. The Morgan fingerprint density at radius 3 is 2.96 bits per heavy atom. The van der Waals surface area contributed by atoms with Crippen LogP contribution in [0, 0.1) is 0 Å². The van der Waals surface area contributed by atoms with Gasteiger partial charge >= 0.3 is 0 Å². The number of rotatable bonds is 7. The van der Waals surface area contributed by atoms with Gasteiger partial charge in [0.2, 0.25) is 5.91 Å². The third kappa shape index (κ3) is 3.83. The zero-order valence-electron chi connectivity index (χ0n) is 15.6. The molecule has 5 heteroatoms. The summed E-state index contributed by atoms with van der Waals surface area (Å²) in [5, 5.41) is 4.76. The highest BCUT2D eigenvalue weighted by molar-refractivity contribution is 5.84. The summed E-state index contributed by atoms with van der Waals surface area (Å²) in [7, 11) is 0. The lowest BCUT2D eigenvalue weighted by Gasteiger charge is -2.06. The van der Waals surface area contributed by atoms with E-state index in [0.717, 1.165) is 30.8 Å². The van der Waals surface area contributed by atoms with Gasteiger partial charge < -0.3 is 20.4 Å². The lowest BCUT2D eigenvalue weighted by Crippen LogP contribution is -2.14. The van der Waals surface area contributed by atoms with Crippen molar-refractivity contribution in [3.05, 3.63) is 65.4 Å². The van der Waals surface area contributed by atoms with Crippen LogP contribution in [0.25, 0.3) is 10.9 Å². The number of aryl methyl sites for hydroxylation is 1. The summed E-state index contributed by atoms with van der Waals surface area (Å²) in [5.41, 5.74) is 10.2. The summed E-state index contributed by atoms with van der Waals surface area (Å²) in [4.78, 5) is 11.1. The predicted octanol–water partition coefficient (Wildman–Crippen LogP) is 3.13. The fourth-order valence-electron chi connectivity index (χ4n) is 3.81. The van der Waals surface area contributed by atoms with E-state index >= 15 is 0 Å². The number of para-hydroxylation sites is 1. The number of hydrogen-bond acceptors (Lipinski definition) is 3. The Balaban J connectivity index is 1.45. The van der Waals surface area contributed by atoms with Crippen molar-refractivity contribution in [2.75, 3.05) is 0 Å². The largest absolute Gasteiger partial charge is 0.490 e. The number of fused-ring (bicyclic) bond motifs is 2. The van der Waals surface area contributed by atoms with Crippen molar-refractivity contribution in [2.45, 2.75) is 45.5 Å². The van der Waals surface area contributed by atoms with Crippen LogP contribution in [0.5, 0.6) is 5.75 Å². The van der Waals surface area contributed by atoms with Crippen molar-refractivity contribution in [3.8, 4) is 5.75 Å². The number of nitrogens with one attached hydrogen (secondary N) is 1. The van der Waals surface area contributed by atoms with Gasteiger partial charge in [-0.15, -0.1) is 0 Å². The molecule has 1 amide bonds. The standard InChI is InChI=1S/C22H25N3O2/c1-15-10-17-11-16(6-7-21(17)27-15)12-24-13-18-14-25(9-8-22(23)26)20-5-3-2-4-19(18)20/h2-7,11,14-15,24H,8-10,12-13H2,1H3,(H2,23,26). The molecule has 0 aliphatic carbocycles. The molecule has 0 bridgehead atoms. The van der Waals surface area contributed by atoms with Crippen LogP contribution in [0.4, 0.5) is 0 Å². The van der Waals surface area contributed by atoms with Gasteiger partial charge in [-0.1, -0.05) is 30.3 Å². The molecule has 1 atom stereocenters. The summed E-state index contributed by atoms with van der Waals surface area (Å²) in [6.45, 7) is 4.29. The van der Waals surface area contributed by atoms with E-state index in [1.807, 2.05) is 12.1 Å². The maximum Gasteiger partial charge on any atom is 0.219 e. The van der Waals surface area contributed by atoms with Crippen molar-refractivity contribution in [3.63, 3.8) is 0 Å². The Labute approximate surface area is 159 Å². The van der Waals surface area contributed by atoms with Crippen LogP contribution in [0.2, 0.25) is 0 Å². The first-order chi connectivity index (χ1) is 13.1. The van der Waals surface area contributed by atoms with Crippen LogP contribution >= 0.6 is 0 Å². The molecule has 0 saturated heterocycles. The molecular formula is C22H25N3O2. The molecule has 0 radical (unpaired) electrons. The van der Waals surface area contributed by atoms with Gasteiger partial charge in [-0.25, -0.2) is 0 Å². The normalized spacial score (nSPS) is 15.7. The van der Waals surface area contributed by atoms with Crippen LogP contribution < -0.4 is 15.8 Å². The Morgan fingerprint density at radius 1 is 1.26 bits per heavy atom. The molecule has 1 aliphatic heterocycles. The maximum atomic E-state index is 11.1. The van der Waals surface area contributed by atoms with Crippen LogP contribution in [0.3, 0.4) is 0 Å². The smallest absolute Gasteiger partial charge is 0.219 e. The van der Waals surface area contributed by atoms with Gasteiger partial charge in [-0.05, 0) is 35.7 Å². The Morgan fingerprint density at radius 2 is 2.11 bits per heavy atom. The van der Waals surface area contributed by atoms with Crippen molar-refractivity contribution in [1.29, 1.82) is 0 Å². The second-order valence-electron chi connectivity index (χ2n) is 7.26. The van der Waals surface area contributed by atoms with Gasteiger partial charge in [0.05, 0.1) is 0 Å². The van der Waals surface area contributed by atoms with Crippen LogP contribution in [-0.2, 0) is 30.8 Å². The summed E-state index contributed by atoms with van der Waals surface area (Å²) in [5.74, 6) is 0.742. The summed E-state index contributed by atoms with van der Waals surface area (Å²) in [6.07, 6.45) is 3.73. The first kappa shape index (κ1) is 17.6. The van der Waals surface area contributed by atoms with Gasteiger partial charge in [0, 0.05) is 49.6 Å². The second-order valence-corrected chi connectivity index (χ2v) is 7.26. The van der Waals surface area contributed by atoms with Crippen molar-refractivity contribution in [1.82, 2.24) is 9.88 Å². The zero-order chi connectivity index (χ0) is 18.8. The number of ether oxygens (including phenoxy) is 1. The molecule has 1 aromatic heterocycles. The molecule has 3 N–H and O–H groups in total. The first-order valence-corrected chi connectivity index (χ1v) is 9.44. The van der Waals surface area contributed by atoms with Gasteiger partial charge in [0.15, 0.2) is 0 Å². The predicted molar refractivity (Wildman–Crippen MR) is 107 cm³/mol. The van der Waals surface area contributed by atoms with Crippen LogP contribution in [0.1, 0.15) is 30.0 Å². The highest BCUT2D eigenvalue weighted by atomic mass is 16.5. The van der Waals surface area contributed by atoms with E-state index in [1.54, 1.807) is 0 Å². The van der Waals surface area contributed by atoms with Gasteiger partial charge in [0.1, 0.15) is 11.9 Å². The second kappa shape index (κ2) is 7.45. The third-order valence-electron chi connectivity index (χ3n) is 5.08. The van der Waals surface area contributed by atoms with Crippen molar-refractivity contribution in [2.24, 2.45) is 5.73 Å². The molecule has 3 aromatic rings. The maximum absolute atomic E-state index is 11.1. The highest BCUT2D eigenvalue weighted by Gasteiger charge is 2.18. The average Bonchev–Trinajstić information content (AvgIpc) is 3.19. The number of nitrogens with two attached hydrogens (primary N) is 1. The minimum atomic E-state index is -0.276. The molecule has 4 rings (SSSR count). The average molecular weight is 363 g/mol. The lowest BCUT2D eigenvalue weighted by molar-refractivity contribution is -0.118. The minimum absolute atomic E-state index is 0.273. The van der Waals surface area contributed by atoms with E-state index in [2.05, 4.69) is 53.3 Å². The van der Waals surface area contributed by atoms with Crippen molar-refractivity contribution >= 4 is 16.8 Å². The van der Waals surface area contributed by atoms with E-state index in [1.165, 1.54) is 22.1 Å². The van der Waals surface area contributed by atoms with Gasteiger partial charge in [0.25, 0.3) is 0 Å². The Bertz CT molecular complexity index is 977. The number of amides is 1. The number of carbonyl (C=O) groups excluding carboxylic acids is 1. The first-order valence-electron chi connectivity index (χ1n) is 9.44. The number of aromatic nitrogens is 1. The molecule has 1 unspecified atom stereocenters. The zero-order valence-corrected chi connectivity index (χ0v) is 15.6. The SMILES string of the molecule is CC1Cc2cc(CNCc3cn(CCC(N)=O)c4ccccc34)ccc2O1. The van der Waals surface area contributed by atoms with E-state index in [0.29, 0.717) is 13.0 Å². The number of primary amides is 1. The van der Waals surface area contributed by atoms with E-state index in [9.17, 15) is 4.79 Å². The monoisotopic (exact) mass is 363 g/mol. The van der Waals surface area contributed by atoms with Crippen LogP contribution in [-0.4, -0.2) is 16.6 Å². The number of hydrogen-bond donors (Lipinski definition) is 2. The summed E-state index contributed by atoms with van der Waals surface area (Å²) in [6, 6.07) is 14.7. The molecule has 0 spiro atoms. The van der Waals surface area contributed by atoms with Crippen molar-refractivity contribution < 1.29 is 9.53 Å². The molecule has 2 aromatic carbocycles. The Kier molecular flexibility index (Phi) is 4.86. The molecule has 27 heavy (non-hydrogen) atoms. The molecular weight excluding hydrogens is 338 g/mol. The lowest BCUT2D eigenvalue weighted by atomic mass is 10.1. The minimum Gasteiger partial charge on any atom is -0.490 e. The molecule has 2 heterocycles. The third-order valence-corrected chi connectivity index (χ3v) is 5.08. The summed E-state index contributed by atoms with van der Waals surface area (Å²) >= 11 is 0.